The number of benzene rings is 1. The number of rotatable bonds is 5. The second-order valence-corrected chi connectivity index (χ2v) is 8.21. The molecule has 1 aromatic rings. The van der Waals surface area contributed by atoms with Gasteiger partial charge in [0, 0.05) is 7.11 Å². The Balaban J connectivity index is 1.76. The van der Waals surface area contributed by atoms with E-state index < -0.39 is 34.2 Å². The minimum atomic E-state index is -3.58. The van der Waals surface area contributed by atoms with Gasteiger partial charge >= 0.3 is 0 Å². The number of methoxy groups -OCH3 is 1. The monoisotopic (exact) mass is 357 g/mol. The minimum absolute atomic E-state index is 0.113. The number of hydrogen-bond acceptors (Lipinski definition) is 6. The lowest BCUT2D eigenvalue weighted by Gasteiger charge is -2.38. The Bertz CT molecular complexity index is 662. The summed E-state index contributed by atoms with van der Waals surface area (Å²) in [7, 11) is -2.10. The fourth-order valence-corrected chi connectivity index (χ4v) is 4.39. The second kappa shape index (κ2) is 6.70. The fraction of sp³-hybridized carbons (Fsp3) is 0.625. The van der Waals surface area contributed by atoms with E-state index in [1.54, 1.807) is 26.0 Å². The van der Waals surface area contributed by atoms with Crippen LogP contribution in [0.5, 0.6) is 0 Å². The van der Waals surface area contributed by atoms with E-state index in [1.165, 1.54) is 7.11 Å². The van der Waals surface area contributed by atoms with Crippen LogP contribution in [0, 0.1) is 0 Å². The lowest BCUT2D eigenvalue weighted by atomic mass is 10.1. The standard InChI is InChI=1S/C16H23NO6S/c1-16(2)21-9-12-14(23-16)13(15(20-3)22-12)17-24(18,19)10-11-7-5-4-6-8-11/h4-8,12-15,17H,9-10H2,1-3H3/t12-,13+,14+,15-/m1/s1. The van der Waals surface area contributed by atoms with Crippen LogP contribution in [-0.2, 0) is 34.7 Å². The van der Waals surface area contributed by atoms with Crippen LogP contribution < -0.4 is 4.72 Å². The SMILES string of the molecule is CO[C@@H]1O[C@@H]2COC(C)(C)O[C@@H]2[C@@H]1NS(=O)(=O)Cc1ccccc1. The molecule has 2 heterocycles. The molecule has 3 rings (SSSR count). The summed E-state index contributed by atoms with van der Waals surface area (Å²) in [6.07, 6.45) is -1.56. The molecule has 0 aromatic heterocycles. The van der Waals surface area contributed by atoms with E-state index in [9.17, 15) is 8.42 Å². The van der Waals surface area contributed by atoms with Crippen molar-refractivity contribution in [2.75, 3.05) is 13.7 Å². The first-order chi connectivity index (χ1) is 11.3. The van der Waals surface area contributed by atoms with Crippen molar-refractivity contribution in [2.45, 2.75) is 49.9 Å². The molecule has 2 aliphatic rings. The molecule has 0 amide bonds. The molecule has 134 valence electrons. The topological polar surface area (TPSA) is 83.1 Å². The maximum atomic E-state index is 12.5. The average Bonchev–Trinajstić information content (AvgIpc) is 2.83. The summed E-state index contributed by atoms with van der Waals surface area (Å²) in [5, 5.41) is 0. The largest absolute Gasteiger partial charge is 0.354 e. The second-order valence-electron chi connectivity index (χ2n) is 6.46. The van der Waals surface area contributed by atoms with E-state index in [0.717, 1.165) is 0 Å². The van der Waals surface area contributed by atoms with E-state index in [0.29, 0.717) is 12.2 Å². The molecule has 0 aliphatic carbocycles. The molecule has 0 unspecified atom stereocenters. The Labute approximate surface area is 142 Å². The highest BCUT2D eigenvalue weighted by atomic mass is 32.2. The molecule has 1 aromatic carbocycles. The summed E-state index contributed by atoms with van der Waals surface area (Å²) in [5.41, 5.74) is 0.711. The van der Waals surface area contributed by atoms with Gasteiger partial charge in [-0.3, -0.25) is 0 Å². The van der Waals surface area contributed by atoms with Gasteiger partial charge in [0.05, 0.1) is 12.4 Å². The predicted molar refractivity (Wildman–Crippen MR) is 86.6 cm³/mol. The van der Waals surface area contributed by atoms with Gasteiger partial charge in [-0.1, -0.05) is 30.3 Å². The van der Waals surface area contributed by atoms with Crippen molar-refractivity contribution in [2.24, 2.45) is 0 Å². The highest BCUT2D eigenvalue weighted by Crippen LogP contribution is 2.33. The van der Waals surface area contributed by atoms with E-state index in [1.807, 2.05) is 18.2 Å². The van der Waals surface area contributed by atoms with E-state index in [4.69, 9.17) is 18.9 Å². The summed E-state index contributed by atoms with van der Waals surface area (Å²) in [6, 6.07) is 8.38. The minimum Gasteiger partial charge on any atom is -0.354 e. The van der Waals surface area contributed by atoms with E-state index in [2.05, 4.69) is 4.72 Å². The Hall–Kier alpha value is -1.03. The van der Waals surface area contributed by atoms with Crippen molar-refractivity contribution in [1.82, 2.24) is 4.72 Å². The molecule has 0 saturated carbocycles. The van der Waals surface area contributed by atoms with Gasteiger partial charge < -0.3 is 18.9 Å². The molecule has 24 heavy (non-hydrogen) atoms. The fourth-order valence-electron chi connectivity index (χ4n) is 3.02. The smallest absolute Gasteiger partial charge is 0.216 e. The number of sulfonamides is 1. The highest BCUT2D eigenvalue weighted by Gasteiger charge is 2.52. The first kappa shape index (κ1) is 17.8. The highest BCUT2D eigenvalue weighted by molar-refractivity contribution is 7.88. The summed E-state index contributed by atoms with van der Waals surface area (Å²) in [5.74, 6) is -0.908. The van der Waals surface area contributed by atoms with Gasteiger partial charge in [-0.2, -0.15) is 0 Å². The first-order valence-corrected chi connectivity index (χ1v) is 9.49. The van der Waals surface area contributed by atoms with E-state index >= 15 is 0 Å². The maximum absolute atomic E-state index is 12.5. The van der Waals surface area contributed by atoms with Crippen molar-refractivity contribution < 1.29 is 27.4 Å². The molecule has 1 N–H and O–H groups in total. The number of fused-ring (bicyclic) bond motifs is 1. The zero-order chi connectivity index (χ0) is 17.4. The van der Waals surface area contributed by atoms with Crippen LogP contribution in [0.15, 0.2) is 30.3 Å². The summed E-state index contributed by atoms with van der Waals surface area (Å²) in [6.45, 7) is 3.91. The van der Waals surface area contributed by atoms with Gasteiger partial charge in [0.25, 0.3) is 0 Å². The molecule has 8 heteroatoms. The number of hydrogen-bond donors (Lipinski definition) is 1. The molecule has 2 fully saturated rings. The van der Waals surface area contributed by atoms with Crippen molar-refractivity contribution in [3.63, 3.8) is 0 Å². The Kier molecular flexibility index (Phi) is 4.96. The first-order valence-electron chi connectivity index (χ1n) is 7.84. The van der Waals surface area contributed by atoms with Gasteiger partial charge in [-0.15, -0.1) is 0 Å². The quantitative estimate of drug-likeness (QED) is 0.846. The maximum Gasteiger partial charge on any atom is 0.216 e. The van der Waals surface area contributed by atoms with Crippen LogP contribution in [0.2, 0.25) is 0 Å². The number of nitrogens with one attached hydrogen (secondary N) is 1. The molecular weight excluding hydrogens is 334 g/mol. The molecule has 7 nitrogen and oxygen atoms in total. The molecular formula is C16H23NO6S. The molecule has 4 atom stereocenters. The molecule has 0 radical (unpaired) electrons. The van der Waals surface area contributed by atoms with Crippen LogP contribution in [0.4, 0.5) is 0 Å². The van der Waals surface area contributed by atoms with Crippen LogP contribution in [0.1, 0.15) is 19.4 Å². The Morgan fingerprint density at radius 1 is 1.29 bits per heavy atom. The third-order valence-corrected chi connectivity index (χ3v) is 5.43. The Morgan fingerprint density at radius 3 is 2.67 bits per heavy atom. The molecule has 0 bridgehead atoms. The van der Waals surface area contributed by atoms with Gasteiger partial charge in [-0.25, -0.2) is 13.1 Å². The van der Waals surface area contributed by atoms with Crippen molar-refractivity contribution in [3.05, 3.63) is 35.9 Å². The van der Waals surface area contributed by atoms with Crippen molar-refractivity contribution in [3.8, 4) is 0 Å². The van der Waals surface area contributed by atoms with Crippen molar-refractivity contribution >= 4 is 10.0 Å². The lowest BCUT2D eigenvalue weighted by Crippen LogP contribution is -2.55. The summed E-state index contributed by atoms with van der Waals surface area (Å²) >= 11 is 0. The molecule has 2 aliphatic heterocycles. The number of ether oxygens (including phenoxy) is 4. The van der Waals surface area contributed by atoms with Gasteiger partial charge in [0.15, 0.2) is 12.1 Å². The molecule has 2 saturated heterocycles. The normalized spacial score (nSPS) is 32.5. The van der Waals surface area contributed by atoms with Crippen LogP contribution in [-0.4, -0.2) is 52.5 Å². The Morgan fingerprint density at radius 2 is 2.00 bits per heavy atom. The predicted octanol–water partition coefficient (Wildman–Crippen LogP) is 0.997. The van der Waals surface area contributed by atoms with Crippen LogP contribution in [0.25, 0.3) is 0 Å². The summed E-state index contributed by atoms with van der Waals surface area (Å²) in [4.78, 5) is 0. The van der Waals surface area contributed by atoms with Gasteiger partial charge in [0.2, 0.25) is 10.0 Å². The molecule has 0 spiro atoms. The van der Waals surface area contributed by atoms with Gasteiger partial charge in [-0.05, 0) is 19.4 Å². The zero-order valence-corrected chi connectivity index (χ0v) is 14.8. The summed E-state index contributed by atoms with van der Waals surface area (Å²) < 4.78 is 50.2. The lowest BCUT2D eigenvalue weighted by molar-refractivity contribution is -0.296. The van der Waals surface area contributed by atoms with E-state index in [-0.39, 0.29) is 11.9 Å². The van der Waals surface area contributed by atoms with Crippen LogP contribution in [0.3, 0.4) is 0 Å². The average molecular weight is 357 g/mol. The van der Waals surface area contributed by atoms with Crippen LogP contribution >= 0.6 is 0 Å². The third-order valence-electron chi connectivity index (χ3n) is 4.09. The van der Waals surface area contributed by atoms with Crippen molar-refractivity contribution in [1.29, 1.82) is 0 Å². The van der Waals surface area contributed by atoms with Gasteiger partial charge in [0.1, 0.15) is 18.2 Å². The zero-order valence-electron chi connectivity index (χ0n) is 14.0. The third kappa shape index (κ3) is 3.96.